The summed E-state index contributed by atoms with van der Waals surface area (Å²) in [5, 5.41) is 0. The molecule has 0 aliphatic rings. The minimum absolute atomic E-state index is 0.0352. The Kier molecular flexibility index (Phi) is 4.19. The number of benzene rings is 1. The molecular formula is C14H18BrN3. The third-order valence-electron chi connectivity index (χ3n) is 3.10. The molecule has 0 aliphatic carbocycles. The Hall–Kier alpha value is -1.13. The van der Waals surface area contributed by atoms with E-state index in [1.807, 2.05) is 12.4 Å². The fourth-order valence-electron chi connectivity index (χ4n) is 2.07. The lowest BCUT2D eigenvalue weighted by molar-refractivity contribution is 0.626. The lowest BCUT2D eigenvalue weighted by Gasteiger charge is -2.15. The number of imidazole rings is 1. The first-order chi connectivity index (χ1) is 8.61. The summed E-state index contributed by atoms with van der Waals surface area (Å²) in [4.78, 5) is 4.37. The molecule has 1 atom stereocenters. The van der Waals surface area contributed by atoms with E-state index in [0.29, 0.717) is 0 Å². The van der Waals surface area contributed by atoms with Gasteiger partial charge in [0.2, 0.25) is 0 Å². The first-order valence-corrected chi connectivity index (χ1v) is 6.92. The van der Waals surface area contributed by atoms with Crippen LogP contribution in [0, 0.1) is 6.92 Å². The van der Waals surface area contributed by atoms with Gasteiger partial charge in [-0.1, -0.05) is 33.6 Å². The van der Waals surface area contributed by atoms with Gasteiger partial charge in [-0.05, 0) is 25.5 Å². The van der Waals surface area contributed by atoms with Gasteiger partial charge in [-0.3, -0.25) is 0 Å². The molecule has 96 valence electrons. The first-order valence-electron chi connectivity index (χ1n) is 6.13. The van der Waals surface area contributed by atoms with Crippen molar-refractivity contribution >= 4 is 15.9 Å². The van der Waals surface area contributed by atoms with E-state index >= 15 is 0 Å². The number of rotatable bonds is 4. The van der Waals surface area contributed by atoms with Crippen LogP contribution in [0.2, 0.25) is 0 Å². The molecule has 0 spiro atoms. The fraction of sp³-hybridized carbons (Fsp3) is 0.357. The highest BCUT2D eigenvalue weighted by Crippen LogP contribution is 2.25. The van der Waals surface area contributed by atoms with Gasteiger partial charge >= 0.3 is 0 Å². The molecule has 1 unspecified atom stereocenters. The van der Waals surface area contributed by atoms with Gasteiger partial charge in [-0.2, -0.15) is 0 Å². The molecule has 1 aromatic heterocycles. The third-order valence-corrected chi connectivity index (χ3v) is 3.82. The number of hydrogen-bond donors (Lipinski definition) is 1. The average Bonchev–Trinajstić information content (AvgIpc) is 2.79. The zero-order chi connectivity index (χ0) is 13.1. The molecule has 3 nitrogen and oxygen atoms in total. The van der Waals surface area contributed by atoms with Crippen LogP contribution in [-0.2, 0) is 13.0 Å². The van der Waals surface area contributed by atoms with Crippen LogP contribution in [0.1, 0.15) is 29.9 Å². The maximum Gasteiger partial charge on any atom is 0.110 e. The van der Waals surface area contributed by atoms with Gasteiger partial charge in [0, 0.05) is 35.9 Å². The number of nitrogens with zero attached hydrogens (tertiary/aromatic N) is 2. The summed E-state index contributed by atoms with van der Waals surface area (Å²) in [5.41, 5.74) is 8.66. The first kappa shape index (κ1) is 13.3. The summed E-state index contributed by atoms with van der Waals surface area (Å²) in [5.74, 6) is 1.04. The SMILES string of the molecule is CCn1ccnc1CC(N)c1cc(C)ccc1Br. The highest BCUT2D eigenvalue weighted by molar-refractivity contribution is 9.10. The van der Waals surface area contributed by atoms with Crippen molar-refractivity contribution in [1.29, 1.82) is 0 Å². The molecule has 0 aliphatic heterocycles. The van der Waals surface area contributed by atoms with Crippen LogP contribution in [0.25, 0.3) is 0 Å². The van der Waals surface area contributed by atoms with E-state index in [9.17, 15) is 0 Å². The van der Waals surface area contributed by atoms with Crippen molar-refractivity contribution < 1.29 is 0 Å². The van der Waals surface area contributed by atoms with Crippen LogP contribution in [0.15, 0.2) is 35.1 Å². The molecule has 2 rings (SSSR count). The highest BCUT2D eigenvalue weighted by atomic mass is 79.9. The number of aromatic nitrogens is 2. The summed E-state index contributed by atoms with van der Waals surface area (Å²) in [6.07, 6.45) is 4.58. The Morgan fingerprint density at radius 1 is 1.44 bits per heavy atom. The van der Waals surface area contributed by atoms with E-state index in [2.05, 4.69) is 57.5 Å². The summed E-state index contributed by atoms with van der Waals surface area (Å²) < 4.78 is 3.19. The largest absolute Gasteiger partial charge is 0.335 e. The highest BCUT2D eigenvalue weighted by Gasteiger charge is 2.13. The van der Waals surface area contributed by atoms with Crippen LogP contribution < -0.4 is 5.73 Å². The van der Waals surface area contributed by atoms with Crippen LogP contribution in [0.4, 0.5) is 0 Å². The maximum atomic E-state index is 6.30. The normalized spacial score (nSPS) is 12.7. The molecule has 0 amide bonds. The Bertz CT molecular complexity index is 534. The second kappa shape index (κ2) is 5.67. The topological polar surface area (TPSA) is 43.8 Å². The molecule has 2 N–H and O–H groups in total. The van der Waals surface area contributed by atoms with E-state index in [1.54, 1.807) is 0 Å². The van der Waals surface area contributed by atoms with E-state index in [0.717, 1.165) is 28.8 Å². The van der Waals surface area contributed by atoms with Crippen molar-refractivity contribution in [2.75, 3.05) is 0 Å². The molecule has 1 aromatic carbocycles. The van der Waals surface area contributed by atoms with Gasteiger partial charge in [0.15, 0.2) is 0 Å². The molecule has 0 fully saturated rings. The van der Waals surface area contributed by atoms with E-state index < -0.39 is 0 Å². The standard InChI is InChI=1S/C14H18BrN3/c1-3-18-7-6-17-14(18)9-13(16)11-8-10(2)4-5-12(11)15/h4-8,13H,3,9,16H2,1-2H3. The smallest absolute Gasteiger partial charge is 0.110 e. The molecule has 4 heteroatoms. The Morgan fingerprint density at radius 2 is 2.22 bits per heavy atom. The van der Waals surface area contributed by atoms with Crippen molar-refractivity contribution in [2.45, 2.75) is 32.9 Å². The average molecular weight is 308 g/mol. The van der Waals surface area contributed by atoms with Gasteiger partial charge in [0.1, 0.15) is 5.82 Å². The zero-order valence-corrected chi connectivity index (χ0v) is 12.3. The van der Waals surface area contributed by atoms with Gasteiger partial charge in [-0.25, -0.2) is 4.98 Å². The monoisotopic (exact) mass is 307 g/mol. The van der Waals surface area contributed by atoms with E-state index in [-0.39, 0.29) is 6.04 Å². The summed E-state index contributed by atoms with van der Waals surface area (Å²) in [7, 11) is 0. The molecule has 0 bridgehead atoms. The third kappa shape index (κ3) is 2.82. The number of nitrogens with two attached hydrogens (primary N) is 1. The summed E-state index contributed by atoms with van der Waals surface area (Å²) >= 11 is 3.56. The number of aryl methyl sites for hydroxylation is 2. The Labute approximate surface area is 116 Å². The number of hydrogen-bond acceptors (Lipinski definition) is 2. The van der Waals surface area contributed by atoms with Gasteiger partial charge in [0.25, 0.3) is 0 Å². The van der Waals surface area contributed by atoms with Gasteiger partial charge < -0.3 is 10.3 Å². The summed E-state index contributed by atoms with van der Waals surface area (Å²) in [6, 6.07) is 6.23. The lowest BCUT2D eigenvalue weighted by atomic mass is 10.0. The van der Waals surface area contributed by atoms with Crippen molar-refractivity contribution in [1.82, 2.24) is 9.55 Å². The van der Waals surface area contributed by atoms with Crippen molar-refractivity contribution in [3.63, 3.8) is 0 Å². The van der Waals surface area contributed by atoms with Crippen molar-refractivity contribution in [3.05, 3.63) is 52.0 Å². The molecule has 0 saturated heterocycles. The van der Waals surface area contributed by atoms with E-state index in [4.69, 9.17) is 5.73 Å². The molecule has 2 aromatic rings. The van der Waals surface area contributed by atoms with E-state index in [1.165, 1.54) is 5.56 Å². The lowest BCUT2D eigenvalue weighted by Crippen LogP contribution is -2.17. The molecule has 1 heterocycles. The van der Waals surface area contributed by atoms with Crippen LogP contribution in [0.5, 0.6) is 0 Å². The zero-order valence-electron chi connectivity index (χ0n) is 10.7. The van der Waals surface area contributed by atoms with Crippen molar-refractivity contribution in [2.24, 2.45) is 5.73 Å². The second-order valence-electron chi connectivity index (χ2n) is 4.47. The molecular weight excluding hydrogens is 290 g/mol. The Morgan fingerprint density at radius 3 is 2.94 bits per heavy atom. The molecule has 0 radical (unpaired) electrons. The Balaban J connectivity index is 2.21. The minimum atomic E-state index is -0.0352. The summed E-state index contributed by atoms with van der Waals surface area (Å²) in [6.45, 7) is 5.12. The predicted octanol–water partition coefficient (Wildman–Crippen LogP) is 3.22. The minimum Gasteiger partial charge on any atom is -0.335 e. The fourth-order valence-corrected chi connectivity index (χ4v) is 2.61. The maximum absolute atomic E-state index is 6.30. The quantitative estimate of drug-likeness (QED) is 0.942. The molecule has 18 heavy (non-hydrogen) atoms. The predicted molar refractivity (Wildman–Crippen MR) is 77.4 cm³/mol. The molecule has 0 saturated carbocycles. The van der Waals surface area contributed by atoms with Crippen molar-refractivity contribution in [3.8, 4) is 0 Å². The number of halogens is 1. The van der Waals surface area contributed by atoms with Gasteiger partial charge in [-0.15, -0.1) is 0 Å². The van der Waals surface area contributed by atoms with Crippen LogP contribution in [-0.4, -0.2) is 9.55 Å². The van der Waals surface area contributed by atoms with Crippen LogP contribution >= 0.6 is 15.9 Å². The van der Waals surface area contributed by atoms with Gasteiger partial charge in [0.05, 0.1) is 0 Å². The van der Waals surface area contributed by atoms with Crippen LogP contribution in [0.3, 0.4) is 0 Å². The second-order valence-corrected chi connectivity index (χ2v) is 5.32.